The maximum atomic E-state index is 11.6. The number of nitrogens with one attached hydrogen (secondary N) is 1. The van der Waals surface area contributed by atoms with Crippen molar-refractivity contribution in [1.29, 1.82) is 0 Å². The van der Waals surface area contributed by atoms with Crippen LogP contribution in [0, 0.1) is 6.92 Å². The van der Waals surface area contributed by atoms with E-state index < -0.39 is 5.97 Å². The first-order valence-corrected chi connectivity index (χ1v) is 6.63. The molecular formula is C16H13N3O3. The number of fused-ring (bicyclic) bond motifs is 1. The molecule has 2 aliphatic rings. The predicted molar refractivity (Wildman–Crippen MR) is 82.3 cm³/mol. The minimum absolute atomic E-state index is 0.0960. The standard InChI is InChI=1S/C16H13N3O3/c1-10-15(16(21)22)13-8-12(20)6-5-11(13)9-19(10)18-14-4-2-3-7-17-14/h2-9H,1H3,(H,17,18)(H,21,22). The summed E-state index contributed by atoms with van der Waals surface area (Å²) in [6.45, 7) is 1.68. The summed E-state index contributed by atoms with van der Waals surface area (Å²) in [4.78, 5) is 27.3. The fourth-order valence-corrected chi connectivity index (χ4v) is 2.35. The minimum Gasteiger partial charge on any atom is -0.478 e. The first-order valence-electron chi connectivity index (χ1n) is 6.63. The van der Waals surface area contributed by atoms with E-state index >= 15 is 0 Å². The third-order valence-corrected chi connectivity index (χ3v) is 3.40. The summed E-state index contributed by atoms with van der Waals surface area (Å²) in [7, 11) is 0. The van der Waals surface area contributed by atoms with Crippen LogP contribution in [-0.2, 0) is 0 Å². The summed E-state index contributed by atoms with van der Waals surface area (Å²) in [6, 6.07) is 9.76. The van der Waals surface area contributed by atoms with Crippen molar-refractivity contribution in [3.8, 4) is 11.1 Å². The molecular weight excluding hydrogens is 282 g/mol. The number of carbonyl (C=O) groups is 1. The highest BCUT2D eigenvalue weighted by Gasteiger charge is 2.19. The van der Waals surface area contributed by atoms with Gasteiger partial charge in [0, 0.05) is 23.5 Å². The maximum absolute atomic E-state index is 11.6. The third-order valence-electron chi connectivity index (χ3n) is 3.40. The van der Waals surface area contributed by atoms with Gasteiger partial charge in [0.15, 0.2) is 5.43 Å². The number of aromatic carboxylic acids is 1. The fraction of sp³-hybridized carbons (Fsp3) is 0.0625. The molecule has 1 aromatic rings. The van der Waals surface area contributed by atoms with Crippen molar-refractivity contribution < 1.29 is 9.90 Å². The Balaban J connectivity index is 2.22. The molecule has 0 spiro atoms. The van der Waals surface area contributed by atoms with Crippen molar-refractivity contribution in [3.63, 3.8) is 0 Å². The molecule has 2 heterocycles. The fourth-order valence-electron chi connectivity index (χ4n) is 2.35. The molecule has 0 atom stereocenters. The number of carboxylic acid groups (broad SMARTS) is 1. The Labute approximate surface area is 126 Å². The normalized spacial score (nSPS) is 10.6. The number of anilines is 1. The van der Waals surface area contributed by atoms with E-state index in [2.05, 4.69) is 10.4 Å². The van der Waals surface area contributed by atoms with E-state index in [1.807, 2.05) is 6.07 Å². The monoisotopic (exact) mass is 295 g/mol. The van der Waals surface area contributed by atoms with Crippen LogP contribution < -0.4 is 10.9 Å². The Morgan fingerprint density at radius 1 is 1.27 bits per heavy atom. The van der Waals surface area contributed by atoms with E-state index in [0.29, 0.717) is 22.6 Å². The van der Waals surface area contributed by atoms with Crippen LogP contribution in [0.15, 0.2) is 53.6 Å². The molecule has 22 heavy (non-hydrogen) atoms. The van der Waals surface area contributed by atoms with Gasteiger partial charge < -0.3 is 5.11 Å². The van der Waals surface area contributed by atoms with Crippen LogP contribution in [0.1, 0.15) is 16.1 Å². The van der Waals surface area contributed by atoms with Gasteiger partial charge in [0.05, 0.1) is 11.3 Å². The van der Waals surface area contributed by atoms with E-state index in [4.69, 9.17) is 0 Å². The van der Waals surface area contributed by atoms with Gasteiger partial charge in [-0.3, -0.25) is 14.9 Å². The second-order valence-corrected chi connectivity index (χ2v) is 4.84. The van der Waals surface area contributed by atoms with Gasteiger partial charge in [0.2, 0.25) is 0 Å². The maximum Gasteiger partial charge on any atom is 0.338 e. The second-order valence-electron chi connectivity index (χ2n) is 4.84. The zero-order chi connectivity index (χ0) is 15.7. The number of hydrogen-bond acceptors (Lipinski definition) is 4. The van der Waals surface area contributed by atoms with E-state index in [9.17, 15) is 14.7 Å². The van der Waals surface area contributed by atoms with E-state index in [1.165, 1.54) is 12.1 Å². The van der Waals surface area contributed by atoms with Crippen LogP contribution in [0.3, 0.4) is 0 Å². The van der Waals surface area contributed by atoms with Crippen molar-refractivity contribution in [2.24, 2.45) is 0 Å². The first-order chi connectivity index (χ1) is 10.6. The average Bonchev–Trinajstić information content (AvgIpc) is 2.49. The molecule has 0 fully saturated rings. The van der Waals surface area contributed by atoms with Gasteiger partial charge >= 0.3 is 5.97 Å². The Morgan fingerprint density at radius 2 is 2.09 bits per heavy atom. The molecule has 1 aliphatic carbocycles. The molecule has 0 radical (unpaired) electrons. The molecule has 3 rings (SSSR count). The van der Waals surface area contributed by atoms with Crippen molar-refractivity contribution in [2.75, 3.05) is 5.43 Å². The van der Waals surface area contributed by atoms with Crippen LogP contribution in [0.4, 0.5) is 5.82 Å². The van der Waals surface area contributed by atoms with Crippen molar-refractivity contribution in [3.05, 3.63) is 70.3 Å². The highest BCUT2D eigenvalue weighted by molar-refractivity contribution is 5.97. The lowest BCUT2D eigenvalue weighted by atomic mass is 9.98. The van der Waals surface area contributed by atoms with Crippen molar-refractivity contribution in [2.45, 2.75) is 6.92 Å². The number of rotatable bonds is 3. The average molecular weight is 295 g/mol. The van der Waals surface area contributed by atoms with Crippen LogP contribution in [0.5, 0.6) is 0 Å². The molecule has 110 valence electrons. The summed E-state index contributed by atoms with van der Waals surface area (Å²) < 4.78 is 1.60. The van der Waals surface area contributed by atoms with Gasteiger partial charge in [-0.05, 0) is 37.3 Å². The molecule has 0 unspecified atom stereocenters. The Kier molecular flexibility index (Phi) is 3.34. The molecule has 1 aliphatic heterocycles. The molecule has 0 amide bonds. The van der Waals surface area contributed by atoms with Gasteiger partial charge in [-0.15, -0.1) is 0 Å². The van der Waals surface area contributed by atoms with E-state index in [-0.39, 0.29) is 11.0 Å². The summed E-state index contributed by atoms with van der Waals surface area (Å²) >= 11 is 0. The first kappa shape index (κ1) is 13.8. The zero-order valence-electron chi connectivity index (χ0n) is 11.8. The van der Waals surface area contributed by atoms with Gasteiger partial charge in [-0.1, -0.05) is 6.07 Å². The minimum atomic E-state index is -1.08. The van der Waals surface area contributed by atoms with Crippen molar-refractivity contribution in [1.82, 2.24) is 9.66 Å². The Bertz CT molecular complexity index is 872. The molecule has 0 saturated carbocycles. The van der Waals surface area contributed by atoms with Gasteiger partial charge in [-0.25, -0.2) is 9.78 Å². The second kappa shape index (κ2) is 5.33. The predicted octanol–water partition coefficient (Wildman–Crippen LogP) is 2.23. The molecule has 0 saturated heterocycles. The van der Waals surface area contributed by atoms with Gasteiger partial charge in [0.1, 0.15) is 5.82 Å². The SMILES string of the molecule is Cc1c(C(=O)O)c2cc(=O)ccc-2cn1Nc1ccccn1. The van der Waals surface area contributed by atoms with E-state index in [1.54, 1.807) is 42.2 Å². The number of aromatic nitrogens is 2. The van der Waals surface area contributed by atoms with Crippen molar-refractivity contribution >= 4 is 11.8 Å². The summed E-state index contributed by atoms with van der Waals surface area (Å²) in [5, 5.41) is 9.49. The molecule has 6 heteroatoms. The quantitative estimate of drug-likeness (QED) is 0.774. The molecule has 0 bridgehead atoms. The van der Waals surface area contributed by atoms with Gasteiger partial charge in [-0.2, -0.15) is 0 Å². The highest BCUT2D eigenvalue weighted by atomic mass is 16.4. The molecule has 2 N–H and O–H groups in total. The topological polar surface area (TPSA) is 84.2 Å². The summed E-state index contributed by atoms with van der Waals surface area (Å²) in [5.41, 5.74) is 4.48. The molecule has 1 aromatic heterocycles. The van der Waals surface area contributed by atoms with Crippen LogP contribution in [-0.4, -0.2) is 20.7 Å². The summed E-state index contributed by atoms with van der Waals surface area (Å²) in [5.74, 6) is -0.489. The lowest BCUT2D eigenvalue weighted by Crippen LogP contribution is -2.19. The largest absolute Gasteiger partial charge is 0.478 e. The van der Waals surface area contributed by atoms with Crippen LogP contribution >= 0.6 is 0 Å². The highest BCUT2D eigenvalue weighted by Crippen LogP contribution is 2.27. The third kappa shape index (κ3) is 2.42. The number of carboxylic acids is 1. The Hall–Kier alpha value is -3.15. The van der Waals surface area contributed by atoms with Crippen LogP contribution in [0.2, 0.25) is 0 Å². The van der Waals surface area contributed by atoms with E-state index in [0.717, 1.165) is 0 Å². The summed E-state index contributed by atoms with van der Waals surface area (Å²) in [6.07, 6.45) is 3.38. The number of pyridine rings is 2. The van der Waals surface area contributed by atoms with Crippen LogP contribution in [0.25, 0.3) is 11.1 Å². The Morgan fingerprint density at radius 3 is 2.77 bits per heavy atom. The zero-order valence-corrected chi connectivity index (χ0v) is 11.8. The lowest BCUT2D eigenvalue weighted by Gasteiger charge is -2.19. The number of hydrogen-bond donors (Lipinski definition) is 2. The molecule has 6 nitrogen and oxygen atoms in total. The smallest absolute Gasteiger partial charge is 0.338 e. The van der Waals surface area contributed by atoms with Gasteiger partial charge in [0.25, 0.3) is 0 Å². The molecule has 0 aromatic carbocycles. The number of benzene rings is 1. The number of nitrogens with zero attached hydrogens (tertiary/aromatic N) is 2. The lowest BCUT2D eigenvalue weighted by molar-refractivity contribution is 0.0696.